The van der Waals surface area contributed by atoms with E-state index < -0.39 is 11.9 Å². The van der Waals surface area contributed by atoms with Crippen molar-refractivity contribution in [3.8, 4) is 5.69 Å². The molecule has 1 aromatic heterocycles. The second kappa shape index (κ2) is 6.85. The van der Waals surface area contributed by atoms with E-state index >= 15 is 0 Å². The van der Waals surface area contributed by atoms with E-state index in [0.717, 1.165) is 16.8 Å². The molecule has 3 aromatic rings. The van der Waals surface area contributed by atoms with Crippen molar-refractivity contribution in [3.05, 3.63) is 78.4 Å². The summed E-state index contributed by atoms with van der Waals surface area (Å²) >= 11 is 0. The molecule has 2 aromatic carbocycles. The van der Waals surface area contributed by atoms with Crippen LogP contribution in [0.15, 0.2) is 67.3 Å². The molecule has 116 valence electrons. The summed E-state index contributed by atoms with van der Waals surface area (Å²) in [5.41, 5.74) is 8.31. The predicted molar refractivity (Wildman–Crippen MR) is 86.6 cm³/mol. The number of hydrogen-bond donors (Lipinski definition) is 2. The van der Waals surface area contributed by atoms with Gasteiger partial charge in [0.2, 0.25) is 5.91 Å². The van der Waals surface area contributed by atoms with Gasteiger partial charge in [-0.05, 0) is 23.3 Å². The molecule has 0 fully saturated rings. The highest BCUT2D eigenvalue weighted by atomic mass is 16.1. The first-order valence-electron chi connectivity index (χ1n) is 7.25. The van der Waals surface area contributed by atoms with Gasteiger partial charge in [0, 0.05) is 6.54 Å². The lowest BCUT2D eigenvalue weighted by Crippen LogP contribution is -2.33. The molecule has 0 saturated carbocycles. The maximum absolute atomic E-state index is 11.7. The van der Waals surface area contributed by atoms with E-state index in [1.165, 1.54) is 6.33 Å². The van der Waals surface area contributed by atoms with Gasteiger partial charge in [-0.1, -0.05) is 42.5 Å². The van der Waals surface area contributed by atoms with Crippen LogP contribution < -0.4 is 11.1 Å². The van der Waals surface area contributed by atoms with Crippen LogP contribution in [0.5, 0.6) is 0 Å². The number of carbonyl (C=O) groups is 1. The summed E-state index contributed by atoms with van der Waals surface area (Å²) in [6, 6.07) is 16.8. The molecule has 0 aliphatic heterocycles. The van der Waals surface area contributed by atoms with E-state index in [0.29, 0.717) is 6.54 Å². The Morgan fingerprint density at radius 3 is 2.70 bits per heavy atom. The highest BCUT2D eigenvalue weighted by Gasteiger charge is 2.16. The monoisotopic (exact) mass is 307 g/mol. The van der Waals surface area contributed by atoms with E-state index in [9.17, 15) is 4.79 Å². The summed E-state index contributed by atoms with van der Waals surface area (Å²) in [7, 11) is 0. The van der Waals surface area contributed by atoms with Gasteiger partial charge in [-0.25, -0.2) is 9.67 Å². The SMILES string of the molecule is NC(=O)C(NCc1cccc(-n2cncn2)c1)c1ccccc1. The molecule has 0 aliphatic rings. The van der Waals surface area contributed by atoms with Gasteiger partial charge < -0.3 is 5.73 Å². The molecule has 1 atom stereocenters. The molecule has 3 rings (SSSR count). The van der Waals surface area contributed by atoms with Crippen LogP contribution in [0.3, 0.4) is 0 Å². The van der Waals surface area contributed by atoms with Gasteiger partial charge in [0.1, 0.15) is 18.7 Å². The first-order chi connectivity index (χ1) is 11.2. The van der Waals surface area contributed by atoms with Crippen LogP contribution in [0.25, 0.3) is 5.69 Å². The summed E-state index contributed by atoms with van der Waals surface area (Å²) in [4.78, 5) is 15.7. The molecule has 0 bridgehead atoms. The molecule has 0 saturated heterocycles. The molecule has 23 heavy (non-hydrogen) atoms. The molecule has 0 spiro atoms. The summed E-state index contributed by atoms with van der Waals surface area (Å²) in [5.74, 6) is -0.399. The van der Waals surface area contributed by atoms with Crippen molar-refractivity contribution in [2.75, 3.05) is 0 Å². The van der Waals surface area contributed by atoms with Crippen molar-refractivity contribution in [1.29, 1.82) is 0 Å². The molecule has 1 heterocycles. The van der Waals surface area contributed by atoms with Crippen LogP contribution in [0.4, 0.5) is 0 Å². The third-order valence-corrected chi connectivity index (χ3v) is 3.52. The quantitative estimate of drug-likeness (QED) is 0.724. The van der Waals surface area contributed by atoms with Crippen LogP contribution in [0, 0.1) is 0 Å². The first-order valence-corrected chi connectivity index (χ1v) is 7.25. The number of carbonyl (C=O) groups excluding carboxylic acids is 1. The topological polar surface area (TPSA) is 85.8 Å². The van der Waals surface area contributed by atoms with Crippen LogP contribution in [0.2, 0.25) is 0 Å². The van der Waals surface area contributed by atoms with Gasteiger partial charge in [-0.2, -0.15) is 5.10 Å². The standard InChI is InChI=1S/C17H17N5O/c18-17(23)16(14-6-2-1-3-7-14)20-10-13-5-4-8-15(9-13)22-12-19-11-21-22/h1-9,11-12,16,20H,10H2,(H2,18,23). The Morgan fingerprint density at radius 2 is 2.00 bits per heavy atom. The minimum Gasteiger partial charge on any atom is -0.368 e. The Morgan fingerprint density at radius 1 is 1.17 bits per heavy atom. The number of nitrogens with one attached hydrogen (secondary N) is 1. The highest BCUT2D eigenvalue weighted by molar-refractivity contribution is 5.81. The lowest BCUT2D eigenvalue weighted by molar-refractivity contribution is -0.120. The minimum absolute atomic E-state index is 0.399. The Hall–Kier alpha value is -2.99. The van der Waals surface area contributed by atoms with Crippen molar-refractivity contribution in [3.63, 3.8) is 0 Å². The maximum Gasteiger partial charge on any atom is 0.239 e. The largest absolute Gasteiger partial charge is 0.368 e. The van der Waals surface area contributed by atoms with Crippen LogP contribution >= 0.6 is 0 Å². The van der Waals surface area contributed by atoms with Gasteiger partial charge in [-0.3, -0.25) is 10.1 Å². The fourth-order valence-electron chi connectivity index (χ4n) is 2.40. The zero-order valence-electron chi connectivity index (χ0n) is 12.5. The average molecular weight is 307 g/mol. The number of benzene rings is 2. The van der Waals surface area contributed by atoms with Crippen molar-refractivity contribution < 1.29 is 4.79 Å². The van der Waals surface area contributed by atoms with Crippen molar-refractivity contribution >= 4 is 5.91 Å². The number of hydrogen-bond acceptors (Lipinski definition) is 4. The number of aromatic nitrogens is 3. The maximum atomic E-state index is 11.7. The molecule has 0 aliphatic carbocycles. The molecule has 3 N–H and O–H groups in total. The van der Waals surface area contributed by atoms with Gasteiger partial charge in [0.05, 0.1) is 5.69 Å². The first kappa shape index (κ1) is 14.9. The minimum atomic E-state index is -0.522. The Balaban J connectivity index is 1.74. The number of nitrogens with zero attached hydrogens (tertiary/aromatic N) is 3. The van der Waals surface area contributed by atoms with Crippen molar-refractivity contribution in [2.24, 2.45) is 5.73 Å². The molecule has 1 unspecified atom stereocenters. The molecule has 0 radical (unpaired) electrons. The number of amides is 1. The Labute approximate surface area is 134 Å². The van der Waals surface area contributed by atoms with E-state index in [2.05, 4.69) is 15.4 Å². The summed E-state index contributed by atoms with van der Waals surface area (Å²) < 4.78 is 1.69. The molecular weight excluding hydrogens is 290 g/mol. The lowest BCUT2D eigenvalue weighted by Gasteiger charge is -2.16. The normalized spacial score (nSPS) is 12.0. The van der Waals surface area contributed by atoms with Gasteiger partial charge >= 0.3 is 0 Å². The third kappa shape index (κ3) is 3.61. The van der Waals surface area contributed by atoms with Gasteiger partial charge in [-0.15, -0.1) is 0 Å². The van der Waals surface area contributed by atoms with Crippen molar-refractivity contribution in [1.82, 2.24) is 20.1 Å². The van der Waals surface area contributed by atoms with Crippen molar-refractivity contribution in [2.45, 2.75) is 12.6 Å². The number of rotatable bonds is 6. The van der Waals surface area contributed by atoms with Gasteiger partial charge in [0.25, 0.3) is 0 Å². The summed E-state index contributed by atoms with van der Waals surface area (Å²) in [6.45, 7) is 0.519. The number of nitrogens with two attached hydrogens (primary N) is 1. The Bertz CT molecular complexity index is 771. The number of primary amides is 1. The van der Waals surface area contributed by atoms with E-state index in [1.807, 2.05) is 54.6 Å². The lowest BCUT2D eigenvalue weighted by atomic mass is 10.1. The highest BCUT2D eigenvalue weighted by Crippen LogP contribution is 2.14. The summed E-state index contributed by atoms with van der Waals surface area (Å²) in [5, 5.41) is 7.31. The molecule has 6 heteroatoms. The zero-order chi connectivity index (χ0) is 16.1. The van der Waals surface area contributed by atoms with E-state index in [1.54, 1.807) is 11.0 Å². The second-order valence-electron chi connectivity index (χ2n) is 5.14. The zero-order valence-corrected chi connectivity index (χ0v) is 12.5. The fraction of sp³-hybridized carbons (Fsp3) is 0.118. The van der Waals surface area contributed by atoms with Crippen LogP contribution in [-0.4, -0.2) is 20.7 Å². The average Bonchev–Trinajstić information content (AvgIpc) is 3.11. The molecule has 6 nitrogen and oxygen atoms in total. The van der Waals surface area contributed by atoms with Crippen LogP contribution in [-0.2, 0) is 11.3 Å². The van der Waals surface area contributed by atoms with Gasteiger partial charge in [0.15, 0.2) is 0 Å². The molecular formula is C17H17N5O. The van der Waals surface area contributed by atoms with E-state index in [-0.39, 0.29) is 0 Å². The predicted octanol–water partition coefficient (Wildman–Crippen LogP) is 1.58. The fourth-order valence-corrected chi connectivity index (χ4v) is 2.40. The Kier molecular flexibility index (Phi) is 4.44. The smallest absolute Gasteiger partial charge is 0.239 e. The van der Waals surface area contributed by atoms with E-state index in [4.69, 9.17) is 5.73 Å². The third-order valence-electron chi connectivity index (χ3n) is 3.52. The second-order valence-corrected chi connectivity index (χ2v) is 5.14. The van der Waals surface area contributed by atoms with Crippen LogP contribution in [0.1, 0.15) is 17.2 Å². The molecule has 1 amide bonds. The summed E-state index contributed by atoms with van der Waals surface area (Å²) in [6.07, 6.45) is 3.13.